The minimum Gasteiger partial charge on any atom is -0.476 e. The summed E-state index contributed by atoms with van der Waals surface area (Å²) in [5.41, 5.74) is -0.551. The number of hydrogen-bond donors (Lipinski definition) is 2. The van der Waals surface area contributed by atoms with Crippen molar-refractivity contribution in [3.63, 3.8) is 0 Å². The SMILES string of the molecule is O=C(O)c1nc(CCC2CCCO2)oc1C(=O)O. The third-order valence-corrected chi connectivity index (χ3v) is 2.77. The number of hydrogen-bond acceptors (Lipinski definition) is 5. The fraction of sp³-hybridized carbons (Fsp3) is 0.545. The number of aromatic carboxylic acids is 2. The van der Waals surface area contributed by atoms with E-state index in [1.807, 2.05) is 0 Å². The maximum absolute atomic E-state index is 10.8. The molecule has 0 aliphatic carbocycles. The Bertz CT molecular complexity index is 429. The van der Waals surface area contributed by atoms with Gasteiger partial charge in [-0.2, -0.15) is 0 Å². The summed E-state index contributed by atoms with van der Waals surface area (Å²) in [5, 5.41) is 17.6. The van der Waals surface area contributed by atoms with Crippen molar-refractivity contribution < 1.29 is 29.0 Å². The highest BCUT2D eigenvalue weighted by Crippen LogP contribution is 2.19. The van der Waals surface area contributed by atoms with E-state index in [0.717, 1.165) is 19.4 Å². The van der Waals surface area contributed by atoms with Crippen LogP contribution in [-0.4, -0.2) is 39.8 Å². The standard InChI is InChI=1S/C11H13NO6/c13-10(14)8-9(11(15)16)18-7(12-8)4-3-6-2-1-5-17-6/h6H,1-5H2,(H,13,14)(H,15,16). The van der Waals surface area contributed by atoms with E-state index in [-0.39, 0.29) is 12.0 Å². The van der Waals surface area contributed by atoms with E-state index in [4.69, 9.17) is 19.4 Å². The summed E-state index contributed by atoms with van der Waals surface area (Å²) in [6.45, 7) is 0.733. The topological polar surface area (TPSA) is 110 Å². The molecule has 1 fully saturated rings. The molecule has 1 unspecified atom stereocenters. The van der Waals surface area contributed by atoms with Crippen molar-refractivity contribution in [2.45, 2.75) is 31.8 Å². The number of aromatic nitrogens is 1. The van der Waals surface area contributed by atoms with E-state index in [0.29, 0.717) is 12.8 Å². The molecule has 7 heteroatoms. The number of carbonyl (C=O) groups is 2. The summed E-state index contributed by atoms with van der Waals surface area (Å²) in [7, 11) is 0. The van der Waals surface area contributed by atoms with Crippen molar-refractivity contribution in [2.75, 3.05) is 6.61 Å². The minimum absolute atomic E-state index is 0.124. The average Bonchev–Trinajstić information content (AvgIpc) is 2.95. The third kappa shape index (κ3) is 2.67. The van der Waals surface area contributed by atoms with E-state index in [9.17, 15) is 9.59 Å². The molecule has 0 radical (unpaired) electrons. The van der Waals surface area contributed by atoms with Crippen LogP contribution in [0.15, 0.2) is 4.42 Å². The second kappa shape index (κ2) is 5.18. The number of ether oxygens (including phenoxy) is 1. The summed E-state index contributed by atoms with van der Waals surface area (Å²) in [6.07, 6.45) is 3.12. The normalized spacial score (nSPS) is 19.0. The van der Waals surface area contributed by atoms with Crippen molar-refractivity contribution in [2.24, 2.45) is 0 Å². The molecule has 0 spiro atoms. The first-order valence-electron chi connectivity index (χ1n) is 5.66. The summed E-state index contributed by atoms with van der Waals surface area (Å²) in [6, 6.07) is 0. The highest BCUT2D eigenvalue weighted by molar-refractivity contribution is 5.98. The molecule has 1 aliphatic rings. The molecule has 2 N–H and O–H groups in total. The Hall–Kier alpha value is -1.89. The van der Waals surface area contributed by atoms with Crippen LogP contribution in [0.2, 0.25) is 0 Å². The molecule has 2 heterocycles. The lowest BCUT2D eigenvalue weighted by Crippen LogP contribution is -2.07. The Balaban J connectivity index is 2.06. The molecule has 0 bridgehead atoms. The summed E-state index contributed by atoms with van der Waals surface area (Å²) >= 11 is 0. The Kier molecular flexibility index (Phi) is 3.61. The first-order chi connectivity index (χ1) is 8.58. The van der Waals surface area contributed by atoms with E-state index >= 15 is 0 Å². The van der Waals surface area contributed by atoms with Crippen LogP contribution in [0, 0.1) is 0 Å². The van der Waals surface area contributed by atoms with Crippen molar-refractivity contribution >= 4 is 11.9 Å². The maximum atomic E-state index is 10.8. The lowest BCUT2D eigenvalue weighted by molar-refractivity contribution is 0.0622. The first kappa shape index (κ1) is 12.6. The molecule has 7 nitrogen and oxygen atoms in total. The summed E-state index contributed by atoms with van der Waals surface area (Å²) < 4.78 is 10.4. The monoisotopic (exact) mass is 255 g/mol. The van der Waals surface area contributed by atoms with Crippen LogP contribution in [0.1, 0.15) is 46.2 Å². The zero-order valence-electron chi connectivity index (χ0n) is 9.59. The van der Waals surface area contributed by atoms with Gasteiger partial charge in [0, 0.05) is 13.0 Å². The van der Waals surface area contributed by atoms with Gasteiger partial charge in [-0.1, -0.05) is 0 Å². The second-order valence-corrected chi connectivity index (χ2v) is 4.07. The number of carboxylic acids is 2. The van der Waals surface area contributed by atoms with Crippen LogP contribution in [-0.2, 0) is 11.2 Å². The molecule has 2 rings (SSSR count). The molecule has 1 aromatic heterocycles. The first-order valence-corrected chi connectivity index (χ1v) is 5.66. The van der Waals surface area contributed by atoms with Crippen LogP contribution >= 0.6 is 0 Å². The predicted molar refractivity (Wildman–Crippen MR) is 57.7 cm³/mol. The highest BCUT2D eigenvalue weighted by Gasteiger charge is 2.25. The number of rotatable bonds is 5. The molecule has 0 amide bonds. The lowest BCUT2D eigenvalue weighted by Gasteiger charge is -2.05. The Morgan fingerprint density at radius 2 is 2.11 bits per heavy atom. The van der Waals surface area contributed by atoms with Crippen molar-refractivity contribution in [1.82, 2.24) is 4.98 Å². The Labute approximate surface area is 102 Å². The molecule has 98 valence electrons. The molecule has 0 aromatic carbocycles. The molecule has 0 saturated carbocycles. The quantitative estimate of drug-likeness (QED) is 0.812. The smallest absolute Gasteiger partial charge is 0.374 e. The number of oxazole rings is 1. The second-order valence-electron chi connectivity index (χ2n) is 4.07. The molecular weight excluding hydrogens is 242 g/mol. The van der Waals surface area contributed by atoms with Crippen molar-refractivity contribution in [1.29, 1.82) is 0 Å². The van der Waals surface area contributed by atoms with Gasteiger partial charge in [-0.25, -0.2) is 14.6 Å². The zero-order valence-corrected chi connectivity index (χ0v) is 9.59. The number of aryl methyl sites for hydroxylation is 1. The zero-order chi connectivity index (χ0) is 13.1. The number of nitrogens with zero attached hydrogens (tertiary/aromatic N) is 1. The molecule has 18 heavy (non-hydrogen) atoms. The van der Waals surface area contributed by atoms with Gasteiger partial charge in [0.2, 0.25) is 11.5 Å². The van der Waals surface area contributed by atoms with Gasteiger partial charge in [-0.05, 0) is 19.3 Å². The van der Waals surface area contributed by atoms with Gasteiger partial charge in [-0.15, -0.1) is 0 Å². The Morgan fingerprint density at radius 1 is 1.33 bits per heavy atom. The molecule has 1 saturated heterocycles. The molecule has 1 aliphatic heterocycles. The van der Waals surface area contributed by atoms with Crippen LogP contribution < -0.4 is 0 Å². The third-order valence-electron chi connectivity index (χ3n) is 2.77. The van der Waals surface area contributed by atoms with Crippen LogP contribution in [0.3, 0.4) is 0 Å². The van der Waals surface area contributed by atoms with Gasteiger partial charge >= 0.3 is 11.9 Å². The number of carboxylic acid groups (broad SMARTS) is 2. The molecule has 1 atom stereocenters. The van der Waals surface area contributed by atoms with Gasteiger partial charge in [0.1, 0.15) is 0 Å². The van der Waals surface area contributed by atoms with Crippen LogP contribution in [0.4, 0.5) is 0 Å². The predicted octanol–water partition coefficient (Wildman–Crippen LogP) is 1.18. The van der Waals surface area contributed by atoms with Gasteiger partial charge in [0.05, 0.1) is 6.10 Å². The fourth-order valence-corrected chi connectivity index (χ4v) is 1.92. The molecule has 1 aromatic rings. The largest absolute Gasteiger partial charge is 0.476 e. The van der Waals surface area contributed by atoms with Gasteiger partial charge < -0.3 is 19.4 Å². The van der Waals surface area contributed by atoms with Crippen LogP contribution in [0.25, 0.3) is 0 Å². The average molecular weight is 255 g/mol. The Morgan fingerprint density at radius 3 is 2.61 bits per heavy atom. The van der Waals surface area contributed by atoms with E-state index in [2.05, 4.69) is 4.98 Å². The van der Waals surface area contributed by atoms with Gasteiger partial charge in [-0.3, -0.25) is 0 Å². The highest BCUT2D eigenvalue weighted by atomic mass is 16.5. The van der Waals surface area contributed by atoms with E-state index < -0.39 is 23.4 Å². The van der Waals surface area contributed by atoms with Crippen molar-refractivity contribution in [3.8, 4) is 0 Å². The molecular formula is C11H13NO6. The summed E-state index contributed by atoms with van der Waals surface area (Å²) in [5.74, 6) is -3.33. The maximum Gasteiger partial charge on any atom is 0.374 e. The lowest BCUT2D eigenvalue weighted by atomic mass is 10.1. The summed E-state index contributed by atoms with van der Waals surface area (Å²) in [4.78, 5) is 25.3. The van der Waals surface area contributed by atoms with E-state index in [1.54, 1.807) is 0 Å². The van der Waals surface area contributed by atoms with Gasteiger partial charge in [0.25, 0.3) is 0 Å². The minimum atomic E-state index is -1.43. The van der Waals surface area contributed by atoms with Crippen molar-refractivity contribution in [3.05, 3.63) is 17.3 Å². The van der Waals surface area contributed by atoms with Crippen LogP contribution in [0.5, 0.6) is 0 Å². The van der Waals surface area contributed by atoms with Gasteiger partial charge in [0.15, 0.2) is 5.89 Å². The van der Waals surface area contributed by atoms with E-state index in [1.165, 1.54) is 0 Å². The fourth-order valence-electron chi connectivity index (χ4n) is 1.92.